The summed E-state index contributed by atoms with van der Waals surface area (Å²) in [6, 6.07) is 0. The van der Waals surface area contributed by atoms with Crippen LogP contribution in [0.25, 0.3) is 0 Å². The third kappa shape index (κ3) is 7.52. The molecule has 0 bridgehead atoms. The van der Waals surface area contributed by atoms with E-state index in [4.69, 9.17) is 0 Å². The van der Waals surface area contributed by atoms with Crippen LogP contribution in [0, 0.1) is 0 Å². The first kappa shape index (κ1) is 12.2. The van der Waals surface area contributed by atoms with E-state index in [1.165, 1.54) is 7.11 Å². The summed E-state index contributed by atoms with van der Waals surface area (Å²) < 4.78 is 8.90. The molecule has 0 atom stereocenters. The number of methoxy groups -OCH3 is 1. The number of hydrogen-bond donors (Lipinski definition) is 0. The van der Waals surface area contributed by atoms with Gasteiger partial charge in [-0.1, -0.05) is 12.7 Å². The molecule has 0 aromatic carbocycles. The Hall–Kier alpha value is -0.483. The molecule has 0 saturated heterocycles. The van der Waals surface area contributed by atoms with Gasteiger partial charge in [-0.3, -0.25) is 0 Å². The standard InChI is InChI=1S/C6H10O3.Li/c1-3-9-6(7)4-5-8-2;/h5,7H,3H2,1-2H3;/q;+1/p-1. The monoisotopic (exact) mass is 136 g/mol. The Labute approximate surface area is 72.5 Å². The van der Waals surface area contributed by atoms with E-state index in [1.54, 1.807) is 6.92 Å². The van der Waals surface area contributed by atoms with Gasteiger partial charge in [-0.2, -0.15) is 0 Å². The second-order valence-electron chi connectivity index (χ2n) is 1.22. The second-order valence-corrected chi connectivity index (χ2v) is 1.22. The minimum absolute atomic E-state index is 0. The van der Waals surface area contributed by atoms with Crippen molar-refractivity contribution in [2.24, 2.45) is 0 Å². The molecule has 0 spiro atoms. The molecule has 0 aliphatic rings. The minimum Gasteiger partial charge on any atom is -0.608 e. The Balaban J connectivity index is 0. The van der Waals surface area contributed by atoms with Crippen molar-refractivity contribution in [1.29, 1.82) is 0 Å². The molecule has 0 radical (unpaired) electrons. The van der Waals surface area contributed by atoms with Crippen molar-refractivity contribution in [2.75, 3.05) is 13.7 Å². The summed E-state index contributed by atoms with van der Waals surface area (Å²) in [5, 5.41) is 10.4. The zero-order valence-corrected chi connectivity index (χ0v) is 6.51. The Kier molecular flexibility index (Phi) is 10.4. The van der Waals surface area contributed by atoms with Crippen LogP contribution in [-0.4, -0.2) is 13.7 Å². The normalized spacial score (nSPS) is 6.60. The second kappa shape index (κ2) is 8.52. The maximum atomic E-state index is 10.4. The van der Waals surface area contributed by atoms with E-state index in [1.807, 2.05) is 0 Å². The average Bonchev–Trinajstić information content (AvgIpc) is 1.85. The zero-order chi connectivity index (χ0) is 7.11. The van der Waals surface area contributed by atoms with Crippen LogP contribution in [0.15, 0.2) is 17.9 Å². The molecule has 0 saturated carbocycles. The molecule has 10 heavy (non-hydrogen) atoms. The van der Waals surface area contributed by atoms with Crippen molar-refractivity contribution in [3.05, 3.63) is 17.9 Å². The molecule has 0 unspecified atom stereocenters. The van der Waals surface area contributed by atoms with Crippen molar-refractivity contribution >= 4 is 0 Å². The molecule has 0 aromatic heterocycles. The molecule has 0 rings (SSSR count). The molecule has 4 heteroatoms. The summed E-state index contributed by atoms with van der Waals surface area (Å²) in [4.78, 5) is 0. The maximum Gasteiger partial charge on any atom is 1.00 e. The molecular formula is C6H9LiO3. The van der Waals surface area contributed by atoms with Crippen LogP contribution in [0.2, 0.25) is 0 Å². The SMILES string of the molecule is CCOC([O-])=C=COC.[Li+]. The van der Waals surface area contributed by atoms with Gasteiger partial charge in [-0.25, -0.2) is 0 Å². The quantitative estimate of drug-likeness (QED) is 0.236. The minimum atomic E-state index is -0.501. The van der Waals surface area contributed by atoms with E-state index in [-0.39, 0.29) is 18.9 Å². The van der Waals surface area contributed by atoms with Crippen LogP contribution in [0.1, 0.15) is 6.92 Å². The van der Waals surface area contributed by atoms with Crippen LogP contribution in [0.3, 0.4) is 0 Å². The van der Waals surface area contributed by atoms with Gasteiger partial charge in [0, 0.05) is 0 Å². The molecule has 52 valence electrons. The van der Waals surface area contributed by atoms with Crippen molar-refractivity contribution in [2.45, 2.75) is 6.92 Å². The first-order chi connectivity index (χ1) is 4.31. The van der Waals surface area contributed by atoms with Crippen LogP contribution in [0.5, 0.6) is 0 Å². The predicted molar refractivity (Wildman–Crippen MR) is 30.2 cm³/mol. The van der Waals surface area contributed by atoms with Gasteiger partial charge in [0.2, 0.25) is 0 Å². The van der Waals surface area contributed by atoms with Crippen LogP contribution in [0.4, 0.5) is 0 Å². The van der Waals surface area contributed by atoms with Crippen molar-refractivity contribution in [3.8, 4) is 0 Å². The number of rotatable bonds is 3. The van der Waals surface area contributed by atoms with E-state index in [0.717, 1.165) is 6.26 Å². The summed E-state index contributed by atoms with van der Waals surface area (Å²) in [7, 11) is 1.44. The molecule has 0 N–H and O–H groups in total. The third-order valence-corrected chi connectivity index (χ3v) is 0.570. The van der Waals surface area contributed by atoms with Gasteiger partial charge in [0.15, 0.2) is 0 Å². The maximum absolute atomic E-state index is 10.4. The predicted octanol–water partition coefficient (Wildman–Crippen LogP) is -3.01. The Morgan fingerprint density at radius 1 is 1.70 bits per heavy atom. The van der Waals surface area contributed by atoms with Gasteiger partial charge in [-0.05, 0) is 6.61 Å². The van der Waals surface area contributed by atoms with Gasteiger partial charge in [0.1, 0.15) is 6.26 Å². The third-order valence-electron chi connectivity index (χ3n) is 0.570. The molecular weight excluding hydrogens is 127 g/mol. The van der Waals surface area contributed by atoms with Crippen LogP contribution >= 0.6 is 0 Å². The van der Waals surface area contributed by atoms with Gasteiger partial charge >= 0.3 is 18.9 Å². The van der Waals surface area contributed by atoms with E-state index in [2.05, 4.69) is 15.2 Å². The number of hydrogen-bond acceptors (Lipinski definition) is 3. The van der Waals surface area contributed by atoms with E-state index in [0.29, 0.717) is 6.61 Å². The fourth-order valence-electron chi connectivity index (χ4n) is 0.280. The smallest absolute Gasteiger partial charge is 0.608 e. The van der Waals surface area contributed by atoms with E-state index in [9.17, 15) is 5.11 Å². The molecule has 0 fully saturated rings. The Morgan fingerprint density at radius 3 is 2.70 bits per heavy atom. The first-order valence-corrected chi connectivity index (χ1v) is 2.59. The van der Waals surface area contributed by atoms with E-state index >= 15 is 0 Å². The largest absolute Gasteiger partial charge is 1.00 e. The van der Waals surface area contributed by atoms with Gasteiger partial charge < -0.3 is 14.6 Å². The summed E-state index contributed by atoms with van der Waals surface area (Å²) >= 11 is 0. The summed E-state index contributed by atoms with van der Waals surface area (Å²) in [6.45, 7) is 2.09. The van der Waals surface area contributed by atoms with Crippen molar-refractivity contribution < 1.29 is 33.4 Å². The van der Waals surface area contributed by atoms with Crippen molar-refractivity contribution in [1.82, 2.24) is 0 Å². The molecule has 0 aliphatic heterocycles. The van der Waals surface area contributed by atoms with Gasteiger partial charge in [-0.15, -0.1) is 0 Å². The molecule has 0 aromatic rings. The molecule has 3 nitrogen and oxygen atoms in total. The Morgan fingerprint density at radius 2 is 2.30 bits per heavy atom. The number of ether oxygens (including phenoxy) is 2. The summed E-state index contributed by atoms with van der Waals surface area (Å²) in [6.07, 6.45) is 1.15. The van der Waals surface area contributed by atoms with E-state index < -0.39 is 5.95 Å². The molecule has 0 heterocycles. The summed E-state index contributed by atoms with van der Waals surface area (Å²) in [5.41, 5.74) is 2.22. The van der Waals surface area contributed by atoms with Crippen LogP contribution in [-0.2, 0) is 9.47 Å². The first-order valence-electron chi connectivity index (χ1n) is 2.59. The van der Waals surface area contributed by atoms with Crippen molar-refractivity contribution in [3.63, 3.8) is 0 Å². The van der Waals surface area contributed by atoms with Crippen LogP contribution < -0.4 is 24.0 Å². The fraction of sp³-hybridized carbons (Fsp3) is 0.500. The Bertz CT molecular complexity index is 127. The molecule has 0 aliphatic carbocycles. The zero-order valence-electron chi connectivity index (χ0n) is 6.51. The summed E-state index contributed by atoms with van der Waals surface area (Å²) in [5.74, 6) is -0.501. The average molecular weight is 136 g/mol. The van der Waals surface area contributed by atoms with Gasteiger partial charge in [0.25, 0.3) is 0 Å². The fourth-order valence-corrected chi connectivity index (χ4v) is 0.280. The molecule has 0 amide bonds. The van der Waals surface area contributed by atoms with Gasteiger partial charge in [0.05, 0.1) is 13.1 Å². The topological polar surface area (TPSA) is 41.5 Å².